The molecular formula is C14H26N2OS. The molecule has 3 atom stereocenters. The van der Waals surface area contributed by atoms with Crippen molar-refractivity contribution in [2.75, 3.05) is 18.1 Å². The third-order valence-electron chi connectivity index (χ3n) is 3.93. The van der Waals surface area contributed by atoms with Gasteiger partial charge in [-0.2, -0.15) is 11.8 Å². The minimum Gasteiger partial charge on any atom is -0.325 e. The average Bonchev–Trinajstić information content (AvgIpc) is 2.91. The van der Waals surface area contributed by atoms with E-state index in [0.29, 0.717) is 17.7 Å². The van der Waals surface area contributed by atoms with Crippen molar-refractivity contribution in [2.24, 2.45) is 11.8 Å². The maximum absolute atomic E-state index is 12.4. The zero-order valence-corrected chi connectivity index (χ0v) is 12.6. The van der Waals surface area contributed by atoms with E-state index in [1.54, 1.807) is 0 Å². The minimum absolute atomic E-state index is 0.0582. The van der Waals surface area contributed by atoms with Gasteiger partial charge in [0.05, 0.1) is 12.2 Å². The van der Waals surface area contributed by atoms with Gasteiger partial charge in [-0.15, -0.1) is 0 Å². The van der Waals surface area contributed by atoms with Crippen molar-refractivity contribution < 1.29 is 4.79 Å². The van der Waals surface area contributed by atoms with Crippen molar-refractivity contribution in [1.29, 1.82) is 0 Å². The number of nitrogens with one attached hydrogen (secondary N) is 1. The van der Waals surface area contributed by atoms with Crippen molar-refractivity contribution >= 4 is 17.7 Å². The molecule has 0 spiro atoms. The minimum atomic E-state index is 0.0582. The van der Waals surface area contributed by atoms with Crippen LogP contribution in [0, 0.1) is 11.8 Å². The Morgan fingerprint density at radius 1 is 1.50 bits per heavy atom. The molecule has 3 nitrogen and oxygen atoms in total. The molecule has 0 aromatic carbocycles. The fourth-order valence-electron chi connectivity index (χ4n) is 2.90. The molecule has 4 heteroatoms. The summed E-state index contributed by atoms with van der Waals surface area (Å²) in [5.74, 6) is 4.18. The van der Waals surface area contributed by atoms with Crippen molar-refractivity contribution in [2.45, 2.75) is 52.2 Å². The van der Waals surface area contributed by atoms with Gasteiger partial charge in [0.25, 0.3) is 0 Å². The summed E-state index contributed by atoms with van der Waals surface area (Å²) in [5.41, 5.74) is 0. The van der Waals surface area contributed by atoms with Gasteiger partial charge in [-0.1, -0.05) is 20.8 Å². The second kappa shape index (κ2) is 6.29. The molecule has 0 bridgehead atoms. The summed E-state index contributed by atoms with van der Waals surface area (Å²) in [4.78, 5) is 14.5. The van der Waals surface area contributed by atoms with Gasteiger partial charge in [0.15, 0.2) is 0 Å². The summed E-state index contributed by atoms with van der Waals surface area (Å²) in [6, 6.07) is 0.0582. The van der Waals surface area contributed by atoms with E-state index in [2.05, 4.69) is 31.0 Å². The van der Waals surface area contributed by atoms with Crippen LogP contribution in [0.25, 0.3) is 0 Å². The highest BCUT2D eigenvalue weighted by atomic mass is 32.2. The van der Waals surface area contributed by atoms with Gasteiger partial charge < -0.3 is 4.90 Å². The first-order valence-corrected chi connectivity index (χ1v) is 8.41. The second-order valence-corrected chi connectivity index (χ2v) is 7.14. The lowest BCUT2D eigenvalue weighted by molar-refractivity contribution is -0.130. The van der Waals surface area contributed by atoms with E-state index in [0.717, 1.165) is 19.4 Å². The molecule has 3 unspecified atom stereocenters. The lowest BCUT2D eigenvalue weighted by Gasteiger charge is -2.27. The highest BCUT2D eigenvalue weighted by Gasteiger charge is 2.39. The largest absolute Gasteiger partial charge is 0.325 e. The average molecular weight is 270 g/mol. The van der Waals surface area contributed by atoms with E-state index in [1.165, 1.54) is 17.9 Å². The summed E-state index contributed by atoms with van der Waals surface area (Å²) in [5, 5.41) is 3.52. The monoisotopic (exact) mass is 270 g/mol. The number of hydrogen-bond donors (Lipinski definition) is 1. The third-order valence-corrected chi connectivity index (χ3v) is 5.16. The Balaban J connectivity index is 1.99. The Morgan fingerprint density at radius 3 is 2.83 bits per heavy atom. The molecule has 2 fully saturated rings. The van der Waals surface area contributed by atoms with Crippen molar-refractivity contribution in [1.82, 2.24) is 10.2 Å². The van der Waals surface area contributed by atoms with Crippen LogP contribution in [0.15, 0.2) is 0 Å². The van der Waals surface area contributed by atoms with Crippen molar-refractivity contribution in [3.05, 3.63) is 0 Å². The van der Waals surface area contributed by atoms with Gasteiger partial charge in [-0.25, -0.2) is 0 Å². The molecule has 1 N–H and O–H groups in total. The number of nitrogens with zero attached hydrogens (tertiary/aromatic N) is 1. The van der Waals surface area contributed by atoms with Crippen molar-refractivity contribution in [3.63, 3.8) is 0 Å². The van der Waals surface area contributed by atoms with Gasteiger partial charge in [0.2, 0.25) is 5.91 Å². The summed E-state index contributed by atoms with van der Waals surface area (Å²) in [6.45, 7) is 7.52. The Kier molecular flexibility index (Phi) is 4.96. The summed E-state index contributed by atoms with van der Waals surface area (Å²) in [6.07, 6.45) is 3.53. The van der Waals surface area contributed by atoms with Gasteiger partial charge in [0.1, 0.15) is 0 Å². The number of amides is 1. The summed E-state index contributed by atoms with van der Waals surface area (Å²) in [7, 11) is 0. The summed E-state index contributed by atoms with van der Waals surface area (Å²) < 4.78 is 0. The number of thioether (sulfide) groups is 1. The molecule has 18 heavy (non-hydrogen) atoms. The van der Waals surface area contributed by atoms with Gasteiger partial charge in [0, 0.05) is 6.54 Å². The fourth-order valence-corrected chi connectivity index (χ4v) is 4.18. The quantitative estimate of drug-likeness (QED) is 0.832. The molecule has 104 valence electrons. The maximum Gasteiger partial charge on any atom is 0.241 e. The Hall–Kier alpha value is -0.220. The molecule has 2 heterocycles. The molecule has 2 rings (SSSR count). The molecular weight excluding hydrogens is 244 g/mol. The maximum atomic E-state index is 12.4. The van der Waals surface area contributed by atoms with Crippen LogP contribution in [0.5, 0.6) is 0 Å². The fraction of sp³-hybridized carbons (Fsp3) is 0.929. The molecule has 1 amide bonds. The normalized spacial score (nSPS) is 32.8. The van der Waals surface area contributed by atoms with Crippen LogP contribution in [-0.4, -0.2) is 41.1 Å². The molecule has 0 radical (unpaired) electrons. The van der Waals surface area contributed by atoms with E-state index in [-0.39, 0.29) is 12.2 Å². The van der Waals surface area contributed by atoms with Crippen LogP contribution in [0.3, 0.4) is 0 Å². The molecule has 0 aromatic heterocycles. The van der Waals surface area contributed by atoms with Crippen LogP contribution >= 0.6 is 11.8 Å². The Morgan fingerprint density at radius 2 is 2.28 bits per heavy atom. The lowest BCUT2D eigenvalue weighted by atomic mass is 10.1. The molecule has 2 saturated heterocycles. The van der Waals surface area contributed by atoms with Crippen LogP contribution < -0.4 is 5.32 Å². The Bertz CT molecular complexity index is 290. The molecule has 2 aliphatic rings. The van der Waals surface area contributed by atoms with E-state index in [1.807, 2.05) is 11.8 Å². The summed E-state index contributed by atoms with van der Waals surface area (Å²) >= 11 is 2.03. The second-order valence-electron chi connectivity index (χ2n) is 5.99. The first-order valence-electron chi connectivity index (χ1n) is 7.26. The van der Waals surface area contributed by atoms with E-state index < -0.39 is 0 Å². The van der Waals surface area contributed by atoms with Gasteiger partial charge in [-0.3, -0.25) is 10.1 Å². The first-order chi connectivity index (χ1) is 8.61. The highest BCUT2D eigenvalue weighted by molar-refractivity contribution is 7.99. The number of rotatable bonds is 5. The van der Waals surface area contributed by atoms with E-state index in [4.69, 9.17) is 0 Å². The van der Waals surface area contributed by atoms with Gasteiger partial charge >= 0.3 is 0 Å². The van der Waals surface area contributed by atoms with Crippen molar-refractivity contribution in [3.8, 4) is 0 Å². The van der Waals surface area contributed by atoms with E-state index >= 15 is 0 Å². The zero-order valence-electron chi connectivity index (χ0n) is 11.8. The van der Waals surface area contributed by atoms with E-state index in [9.17, 15) is 4.79 Å². The standard InChI is InChI=1S/C14H26N2OS/c1-4-12-14(17)16(8-11-5-6-18-9-11)13(15-12)7-10(2)3/h10-13,15H,4-9H2,1-3H3. The highest BCUT2D eigenvalue weighted by Crippen LogP contribution is 2.27. The number of carbonyl (C=O) groups excluding carboxylic acids is 1. The number of carbonyl (C=O) groups is 1. The zero-order chi connectivity index (χ0) is 13.1. The number of hydrogen-bond acceptors (Lipinski definition) is 3. The smallest absolute Gasteiger partial charge is 0.241 e. The van der Waals surface area contributed by atoms with Gasteiger partial charge in [-0.05, 0) is 42.6 Å². The Labute approximate surface area is 115 Å². The predicted molar refractivity (Wildman–Crippen MR) is 77.6 cm³/mol. The van der Waals surface area contributed by atoms with Crippen LogP contribution in [0.4, 0.5) is 0 Å². The third kappa shape index (κ3) is 3.21. The van der Waals surface area contributed by atoms with Crippen LogP contribution in [0.2, 0.25) is 0 Å². The predicted octanol–water partition coefficient (Wildman–Crippen LogP) is 2.32. The molecule has 0 aromatic rings. The lowest BCUT2D eigenvalue weighted by Crippen LogP contribution is -2.41. The molecule has 2 aliphatic heterocycles. The topological polar surface area (TPSA) is 32.3 Å². The molecule has 0 aliphatic carbocycles. The SMILES string of the molecule is CCC1NC(CC(C)C)N(CC2CCSC2)C1=O. The molecule has 0 saturated carbocycles. The van der Waals surface area contributed by atoms with Crippen LogP contribution in [-0.2, 0) is 4.79 Å². The first kappa shape index (κ1) is 14.2. The van der Waals surface area contributed by atoms with Crippen LogP contribution in [0.1, 0.15) is 40.0 Å².